The zero-order chi connectivity index (χ0) is 15.1. The topological polar surface area (TPSA) is 29.9 Å². The molecule has 3 nitrogen and oxygen atoms in total. The van der Waals surface area contributed by atoms with Crippen LogP contribution in [0.25, 0.3) is 27.6 Å². The highest BCUT2D eigenvalue weighted by Gasteiger charge is 2.20. The molecule has 4 heteroatoms. The van der Waals surface area contributed by atoms with Crippen molar-refractivity contribution in [3.05, 3.63) is 48.2 Å². The Morgan fingerprint density at radius 1 is 1.27 bits per heavy atom. The molecule has 3 heterocycles. The molecule has 0 unspecified atom stereocenters. The molecule has 0 atom stereocenters. The van der Waals surface area contributed by atoms with Crippen molar-refractivity contribution in [2.75, 3.05) is 13.2 Å². The molecule has 1 aliphatic heterocycles. The van der Waals surface area contributed by atoms with Gasteiger partial charge in [0.2, 0.25) is 0 Å². The van der Waals surface area contributed by atoms with Crippen molar-refractivity contribution < 1.29 is 4.39 Å². The van der Waals surface area contributed by atoms with Crippen molar-refractivity contribution in [3.63, 3.8) is 0 Å². The fraction of sp³-hybridized carbons (Fsp3) is 0.278. The van der Waals surface area contributed by atoms with E-state index in [4.69, 9.17) is 0 Å². The van der Waals surface area contributed by atoms with Crippen LogP contribution < -0.4 is 5.32 Å². The molecule has 0 saturated heterocycles. The fourth-order valence-electron chi connectivity index (χ4n) is 3.50. The molecule has 1 N–H and O–H groups in total. The second-order valence-corrected chi connectivity index (χ2v) is 5.71. The SMILES string of the molecule is C=C1NCCc2c1ccc1c2c2ncccc2n1CCCF. The van der Waals surface area contributed by atoms with Gasteiger partial charge < -0.3 is 9.88 Å². The van der Waals surface area contributed by atoms with Crippen molar-refractivity contribution >= 4 is 27.6 Å². The summed E-state index contributed by atoms with van der Waals surface area (Å²) < 4.78 is 14.9. The number of nitrogens with zero attached hydrogens (tertiary/aromatic N) is 2. The van der Waals surface area contributed by atoms with E-state index in [1.54, 1.807) is 0 Å². The van der Waals surface area contributed by atoms with Crippen LogP contribution >= 0.6 is 0 Å². The number of hydrogen-bond acceptors (Lipinski definition) is 2. The van der Waals surface area contributed by atoms with Crippen LogP contribution in [-0.4, -0.2) is 22.8 Å². The summed E-state index contributed by atoms with van der Waals surface area (Å²) in [6, 6.07) is 8.26. The predicted octanol–water partition coefficient (Wildman–Crippen LogP) is 3.67. The highest BCUT2D eigenvalue weighted by Crippen LogP contribution is 2.35. The predicted molar refractivity (Wildman–Crippen MR) is 88.6 cm³/mol. The molecule has 22 heavy (non-hydrogen) atoms. The summed E-state index contributed by atoms with van der Waals surface area (Å²) in [4.78, 5) is 4.61. The molecule has 0 saturated carbocycles. The lowest BCUT2D eigenvalue weighted by atomic mass is 9.95. The Kier molecular flexibility index (Phi) is 3.10. The van der Waals surface area contributed by atoms with Gasteiger partial charge in [0.15, 0.2) is 0 Å². The summed E-state index contributed by atoms with van der Waals surface area (Å²) in [6.45, 7) is 5.39. The highest BCUT2D eigenvalue weighted by atomic mass is 19.1. The molecule has 0 fully saturated rings. The third-order valence-corrected chi connectivity index (χ3v) is 4.45. The number of fused-ring (bicyclic) bond motifs is 5. The van der Waals surface area contributed by atoms with Gasteiger partial charge in [0.1, 0.15) is 0 Å². The molecule has 1 aliphatic rings. The summed E-state index contributed by atoms with van der Waals surface area (Å²) in [7, 11) is 0. The van der Waals surface area contributed by atoms with E-state index in [2.05, 4.69) is 39.6 Å². The highest BCUT2D eigenvalue weighted by molar-refractivity contribution is 6.09. The van der Waals surface area contributed by atoms with Crippen molar-refractivity contribution in [1.82, 2.24) is 14.9 Å². The van der Waals surface area contributed by atoms with Crippen molar-refractivity contribution in [2.24, 2.45) is 0 Å². The van der Waals surface area contributed by atoms with E-state index in [1.165, 1.54) is 16.5 Å². The van der Waals surface area contributed by atoms with E-state index >= 15 is 0 Å². The first-order valence-corrected chi connectivity index (χ1v) is 7.69. The normalized spacial score (nSPS) is 14.3. The number of benzene rings is 1. The van der Waals surface area contributed by atoms with Gasteiger partial charge in [0.05, 0.1) is 23.2 Å². The Morgan fingerprint density at radius 2 is 2.18 bits per heavy atom. The zero-order valence-corrected chi connectivity index (χ0v) is 12.4. The van der Waals surface area contributed by atoms with Crippen LogP contribution in [0.15, 0.2) is 37.0 Å². The first kappa shape index (κ1) is 13.3. The maximum absolute atomic E-state index is 12.7. The van der Waals surface area contributed by atoms with Gasteiger partial charge in [-0.15, -0.1) is 0 Å². The van der Waals surface area contributed by atoms with Gasteiger partial charge in [-0.3, -0.25) is 9.37 Å². The number of nitrogens with one attached hydrogen (secondary N) is 1. The monoisotopic (exact) mass is 295 g/mol. The van der Waals surface area contributed by atoms with E-state index in [9.17, 15) is 4.39 Å². The van der Waals surface area contributed by atoms with Gasteiger partial charge in [-0.25, -0.2) is 0 Å². The second kappa shape index (κ2) is 5.13. The molecule has 0 aliphatic carbocycles. The lowest BCUT2D eigenvalue weighted by Crippen LogP contribution is -2.22. The van der Waals surface area contributed by atoms with E-state index in [0.29, 0.717) is 13.0 Å². The van der Waals surface area contributed by atoms with Crippen LogP contribution in [0.1, 0.15) is 17.5 Å². The quantitative estimate of drug-likeness (QED) is 0.799. The minimum Gasteiger partial charge on any atom is -0.385 e. The van der Waals surface area contributed by atoms with Crippen molar-refractivity contribution in [1.29, 1.82) is 0 Å². The number of aryl methyl sites for hydroxylation is 1. The standard InChI is InChI=1S/C18H18FN3/c1-12-13-5-6-15-17(14(13)7-10-20-12)18-16(4-2-9-21-18)22(15)11-3-8-19/h2,4-6,9,20H,1,3,7-8,10-11H2. The minimum atomic E-state index is -0.299. The van der Waals surface area contributed by atoms with Crippen LogP contribution in [0.4, 0.5) is 4.39 Å². The van der Waals surface area contributed by atoms with Crippen LogP contribution in [0.5, 0.6) is 0 Å². The van der Waals surface area contributed by atoms with Crippen LogP contribution in [0.2, 0.25) is 0 Å². The Labute approximate surface area is 128 Å². The summed E-state index contributed by atoms with van der Waals surface area (Å²) in [5.41, 5.74) is 6.71. The molecular weight excluding hydrogens is 277 g/mol. The second-order valence-electron chi connectivity index (χ2n) is 5.71. The molecular formula is C18H18FN3. The first-order chi connectivity index (χ1) is 10.8. The van der Waals surface area contributed by atoms with Gasteiger partial charge in [-0.1, -0.05) is 12.6 Å². The summed E-state index contributed by atoms with van der Waals surface area (Å²) in [5, 5.41) is 4.52. The van der Waals surface area contributed by atoms with E-state index in [-0.39, 0.29) is 6.67 Å². The van der Waals surface area contributed by atoms with Crippen LogP contribution in [-0.2, 0) is 13.0 Å². The Hall–Kier alpha value is -2.36. The van der Waals surface area contributed by atoms with Crippen LogP contribution in [0, 0.1) is 0 Å². The number of pyridine rings is 1. The molecule has 2 aromatic heterocycles. The average molecular weight is 295 g/mol. The maximum atomic E-state index is 12.7. The summed E-state index contributed by atoms with van der Waals surface area (Å²) in [6.07, 6.45) is 3.32. The minimum absolute atomic E-state index is 0.299. The van der Waals surface area contributed by atoms with E-state index in [0.717, 1.165) is 35.2 Å². The lowest BCUT2D eigenvalue weighted by Gasteiger charge is -2.21. The number of halogens is 1. The summed E-state index contributed by atoms with van der Waals surface area (Å²) in [5.74, 6) is 0. The van der Waals surface area contributed by atoms with Gasteiger partial charge in [0, 0.05) is 35.9 Å². The molecule has 0 amide bonds. The number of rotatable bonds is 3. The van der Waals surface area contributed by atoms with E-state index < -0.39 is 0 Å². The van der Waals surface area contributed by atoms with Crippen molar-refractivity contribution in [3.8, 4) is 0 Å². The third kappa shape index (κ3) is 1.83. The summed E-state index contributed by atoms with van der Waals surface area (Å²) >= 11 is 0. The fourth-order valence-corrected chi connectivity index (χ4v) is 3.50. The van der Waals surface area contributed by atoms with Crippen LogP contribution in [0.3, 0.4) is 0 Å². The molecule has 1 aromatic carbocycles. The maximum Gasteiger partial charge on any atom is 0.0962 e. The largest absolute Gasteiger partial charge is 0.385 e. The molecule has 112 valence electrons. The molecule has 0 radical (unpaired) electrons. The molecule has 0 bridgehead atoms. The zero-order valence-electron chi connectivity index (χ0n) is 12.4. The molecule has 4 rings (SSSR count). The lowest BCUT2D eigenvalue weighted by molar-refractivity contribution is 0.452. The number of alkyl halides is 1. The van der Waals surface area contributed by atoms with Crippen molar-refractivity contribution in [2.45, 2.75) is 19.4 Å². The number of hydrogen-bond donors (Lipinski definition) is 1. The van der Waals surface area contributed by atoms with Gasteiger partial charge in [0.25, 0.3) is 0 Å². The Bertz CT molecular complexity index is 879. The number of aromatic nitrogens is 2. The van der Waals surface area contributed by atoms with Gasteiger partial charge in [-0.05, 0) is 36.6 Å². The van der Waals surface area contributed by atoms with E-state index in [1.807, 2.05) is 12.3 Å². The Balaban J connectivity index is 2.09. The molecule has 3 aromatic rings. The Morgan fingerprint density at radius 3 is 3.05 bits per heavy atom. The van der Waals surface area contributed by atoms with Gasteiger partial charge >= 0.3 is 0 Å². The first-order valence-electron chi connectivity index (χ1n) is 7.69. The third-order valence-electron chi connectivity index (χ3n) is 4.45. The van der Waals surface area contributed by atoms with Gasteiger partial charge in [-0.2, -0.15) is 0 Å². The smallest absolute Gasteiger partial charge is 0.0962 e. The molecule has 0 spiro atoms. The average Bonchev–Trinajstić information content (AvgIpc) is 2.87.